The van der Waals surface area contributed by atoms with Gasteiger partial charge in [-0.25, -0.2) is 4.98 Å². The molecule has 2 N–H and O–H groups in total. The zero-order valence-electron chi connectivity index (χ0n) is 10.8. The van der Waals surface area contributed by atoms with E-state index in [0.717, 1.165) is 30.7 Å². The van der Waals surface area contributed by atoms with Crippen LogP contribution in [0.1, 0.15) is 25.6 Å². The molecule has 0 bridgehead atoms. The van der Waals surface area contributed by atoms with Crippen LogP contribution >= 0.6 is 0 Å². The molecule has 0 amide bonds. The summed E-state index contributed by atoms with van der Waals surface area (Å²) < 4.78 is 2.27. The molecule has 0 fully saturated rings. The average Bonchev–Trinajstić information content (AvgIpc) is 2.74. The largest absolute Gasteiger partial charge is 0.330 e. The third kappa shape index (κ3) is 2.72. The van der Waals surface area contributed by atoms with E-state index in [4.69, 9.17) is 5.73 Å². The summed E-state index contributed by atoms with van der Waals surface area (Å²) in [7, 11) is 0. The number of para-hydroxylation sites is 2. The van der Waals surface area contributed by atoms with Crippen molar-refractivity contribution in [2.75, 3.05) is 6.54 Å². The highest BCUT2D eigenvalue weighted by Gasteiger charge is 2.07. The molecule has 1 heterocycles. The number of nitrogens with zero attached hydrogens (tertiary/aromatic N) is 2. The minimum atomic E-state index is 0.623. The Labute approximate surface area is 108 Å². The fourth-order valence-electron chi connectivity index (χ4n) is 2.04. The van der Waals surface area contributed by atoms with E-state index in [-0.39, 0.29) is 0 Å². The molecule has 0 aliphatic rings. The van der Waals surface area contributed by atoms with Gasteiger partial charge in [-0.05, 0) is 18.6 Å². The Bertz CT molecular complexity index is 572. The predicted molar refractivity (Wildman–Crippen MR) is 75.2 cm³/mol. The number of fused-ring (bicyclic) bond motifs is 1. The van der Waals surface area contributed by atoms with Crippen LogP contribution in [0.2, 0.25) is 0 Å². The van der Waals surface area contributed by atoms with E-state index in [1.165, 1.54) is 5.52 Å². The average molecular weight is 241 g/mol. The van der Waals surface area contributed by atoms with Crippen molar-refractivity contribution < 1.29 is 0 Å². The summed E-state index contributed by atoms with van der Waals surface area (Å²) in [4.78, 5) is 4.66. The van der Waals surface area contributed by atoms with Gasteiger partial charge in [-0.1, -0.05) is 25.0 Å². The SMILES string of the molecule is CCCn1c(CC#CCCN)nc2ccccc21. The zero-order chi connectivity index (χ0) is 12.8. The van der Waals surface area contributed by atoms with Crippen LogP contribution in [0.3, 0.4) is 0 Å². The first-order valence-corrected chi connectivity index (χ1v) is 6.46. The maximum Gasteiger partial charge on any atom is 0.121 e. The van der Waals surface area contributed by atoms with E-state index in [0.29, 0.717) is 13.0 Å². The normalized spacial score (nSPS) is 10.3. The van der Waals surface area contributed by atoms with Crippen LogP contribution in [0, 0.1) is 11.8 Å². The topological polar surface area (TPSA) is 43.8 Å². The summed E-state index contributed by atoms with van der Waals surface area (Å²) in [5.41, 5.74) is 7.68. The molecule has 0 unspecified atom stereocenters. The van der Waals surface area contributed by atoms with Gasteiger partial charge in [0, 0.05) is 19.5 Å². The van der Waals surface area contributed by atoms with Crippen molar-refractivity contribution in [3.05, 3.63) is 30.1 Å². The molecule has 0 spiro atoms. The zero-order valence-corrected chi connectivity index (χ0v) is 10.8. The van der Waals surface area contributed by atoms with E-state index in [2.05, 4.69) is 46.5 Å². The minimum Gasteiger partial charge on any atom is -0.330 e. The molecule has 3 nitrogen and oxygen atoms in total. The molecular formula is C15H19N3. The number of hydrogen-bond acceptors (Lipinski definition) is 2. The fourth-order valence-corrected chi connectivity index (χ4v) is 2.04. The maximum atomic E-state index is 5.42. The third-order valence-corrected chi connectivity index (χ3v) is 2.82. The molecule has 1 aromatic carbocycles. The Morgan fingerprint density at radius 3 is 2.89 bits per heavy atom. The van der Waals surface area contributed by atoms with Crippen molar-refractivity contribution >= 4 is 11.0 Å². The summed E-state index contributed by atoms with van der Waals surface area (Å²) in [6.07, 6.45) is 2.56. The van der Waals surface area contributed by atoms with Gasteiger partial charge in [0.15, 0.2) is 0 Å². The Morgan fingerprint density at radius 1 is 1.28 bits per heavy atom. The van der Waals surface area contributed by atoms with E-state index >= 15 is 0 Å². The highest BCUT2D eigenvalue weighted by molar-refractivity contribution is 5.75. The van der Waals surface area contributed by atoms with Gasteiger partial charge in [0.05, 0.1) is 17.5 Å². The molecule has 0 aliphatic heterocycles. The number of nitrogens with two attached hydrogens (primary N) is 1. The number of hydrogen-bond donors (Lipinski definition) is 1. The van der Waals surface area contributed by atoms with Crippen LogP contribution in [0.15, 0.2) is 24.3 Å². The summed E-state index contributed by atoms with van der Waals surface area (Å²) in [5.74, 6) is 7.28. The Kier molecular flexibility index (Phi) is 4.38. The summed E-state index contributed by atoms with van der Waals surface area (Å²) >= 11 is 0. The van der Waals surface area contributed by atoms with Crippen LogP contribution < -0.4 is 5.73 Å². The van der Waals surface area contributed by atoms with Crippen LogP contribution in [0.25, 0.3) is 11.0 Å². The molecule has 0 radical (unpaired) electrons. The van der Waals surface area contributed by atoms with Crippen LogP contribution in [-0.4, -0.2) is 16.1 Å². The number of imidazole rings is 1. The lowest BCUT2D eigenvalue weighted by Gasteiger charge is -2.04. The Hall–Kier alpha value is -1.79. The highest BCUT2D eigenvalue weighted by atomic mass is 15.1. The first kappa shape index (κ1) is 12.7. The summed E-state index contributed by atoms with van der Waals surface area (Å²) in [5, 5.41) is 0. The molecule has 0 saturated heterocycles. The van der Waals surface area contributed by atoms with Gasteiger partial charge in [-0.3, -0.25) is 0 Å². The van der Waals surface area contributed by atoms with E-state index < -0.39 is 0 Å². The van der Waals surface area contributed by atoms with Gasteiger partial charge < -0.3 is 10.3 Å². The van der Waals surface area contributed by atoms with Crippen molar-refractivity contribution in [2.24, 2.45) is 5.73 Å². The molecular weight excluding hydrogens is 222 g/mol. The first-order valence-electron chi connectivity index (χ1n) is 6.46. The lowest BCUT2D eigenvalue weighted by molar-refractivity contribution is 0.668. The van der Waals surface area contributed by atoms with Crippen LogP contribution in [0.5, 0.6) is 0 Å². The first-order chi connectivity index (χ1) is 8.86. The minimum absolute atomic E-state index is 0.623. The number of benzene rings is 1. The number of aryl methyl sites for hydroxylation is 1. The second kappa shape index (κ2) is 6.23. The van der Waals surface area contributed by atoms with Gasteiger partial charge in [-0.15, -0.1) is 5.92 Å². The summed E-state index contributed by atoms with van der Waals surface area (Å²) in [6.45, 7) is 3.80. The highest BCUT2D eigenvalue weighted by Crippen LogP contribution is 2.16. The van der Waals surface area contributed by atoms with E-state index in [1.807, 2.05) is 6.07 Å². The second-order valence-electron chi connectivity index (χ2n) is 4.24. The number of rotatable bonds is 4. The van der Waals surface area contributed by atoms with Crippen molar-refractivity contribution in [3.63, 3.8) is 0 Å². The van der Waals surface area contributed by atoms with Gasteiger partial charge in [-0.2, -0.15) is 0 Å². The maximum absolute atomic E-state index is 5.42. The van der Waals surface area contributed by atoms with Crippen LogP contribution in [-0.2, 0) is 13.0 Å². The van der Waals surface area contributed by atoms with Crippen molar-refractivity contribution in [1.82, 2.24) is 9.55 Å². The van der Waals surface area contributed by atoms with Gasteiger partial charge in [0.2, 0.25) is 0 Å². The smallest absolute Gasteiger partial charge is 0.121 e. The van der Waals surface area contributed by atoms with Crippen molar-refractivity contribution in [3.8, 4) is 11.8 Å². The fraction of sp³-hybridized carbons (Fsp3) is 0.400. The van der Waals surface area contributed by atoms with Crippen LogP contribution in [0.4, 0.5) is 0 Å². The summed E-state index contributed by atoms with van der Waals surface area (Å²) in [6, 6.07) is 8.25. The lowest BCUT2D eigenvalue weighted by Crippen LogP contribution is -2.02. The Morgan fingerprint density at radius 2 is 2.11 bits per heavy atom. The molecule has 0 aliphatic carbocycles. The molecule has 0 atom stereocenters. The van der Waals surface area contributed by atoms with Crippen molar-refractivity contribution in [1.29, 1.82) is 0 Å². The monoisotopic (exact) mass is 241 g/mol. The quantitative estimate of drug-likeness (QED) is 0.835. The lowest BCUT2D eigenvalue weighted by atomic mass is 10.3. The van der Waals surface area contributed by atoms with E-state index in [1.54, 1.807) is 0 Å². The van der Waals surface area contributed by atoms with Gasteiger partial charge >= 0.3 is 0 Å². The molecule has 18 heavy (non-hydrogen) atoms. The molecule has 3 heteroatoms. The van der Waals surface area contributed by atoms with E-state index in [9.17, 15) is 0 Å². The second-order valence-corrected chi connectivity index (χ2v) is 4.24. The molecule has 2 rings (SSSR count). The van der Waals surface area contributed by atoms with Crippen molar-refractivity contribution in [2.45, 2.75) is 32.7 Å². The molecule has 0 saturated carbocycles. The molecule has 2 aromatic rings. The predicted octanol–water partition coefficient (Wildman–Crippen LogP) is 2.34. The molecule has 1 aromatic heterocycles. The van der Waals surface area contributed by atoms with Gasteiger partial charge in [0.25, 0.3) is 0 Å². The molecule has 94 valence electrons. The Balaban J connectivity index is 2.31. The van der Waals surface area contributed by atoms with Gasteiger partial charge in [0.1, 0.15) is 5.82 Å². The standard InChI is InChI=1S/C15H19N3/c1-2-12-18-14-9-6-5-8-13(14)17-15(18)10-4-3-7-11-16/h5-6,8-9H,2,7,10-12,16H2,1H3. The third-order valence-electron chi connectivity index (χ3n) is 2.82. The number of aromatic nitrogens is 2.